The van der Waals surface area contributed by atoms with Crippen LogP contribution in [0, 0.1) is 17.8 Å². The van der Waals surface area contributed by atoms with Crippen molar-refractivity contribution in [1.29, 1.82) is 0 Å². The van der Waals surface area contributed by atoms with Crippen molar-refractivity contribution >= 4 is 0 Å². The second kappa shape index (κ2) is 8.09. The van der Waals surface area contributed by atoms with E-state index in [0.29, 0.717) is 6.10 Å². The van der Waals surface area contributed by atoms with E-state index in [1.54, 1.807) is 0 Å². The van der Waals surface area contributed by atoms with Gasteiger partial charge in [0.15, 0.2) is 0 Å². The van der Waals surface area contributed by atoms with Crippen LogP contribution in [0.25, 0.3) is 0 Å². The zero-order chi connectivity index (χ0) is 13.5. The van der Waals surface area contributed by atoms with Crippen molar-refractivity contribution < 1.29 is 4.74 Å². The molecule has 1 nitrogen and oxygen atoms in total. The van der Waals surface area contributed by atoms with Gasteiger partial charge in [-0.1, -0.05) is 25.0 Å². The third-order valence-electron chi connectivity index (χ3n) is 5.59. The van der Waals surface area contributed by atoms with Crippen LogP contribution in [-0.4, -0.2) is 13.2 Å². The second-order valence-electron chi connectivity index (χ2n) is 6.70. The van der Waals surface area contributed by atoms with Crippen LogP contribution in [0.2, 0.25) is 0 Å². The molecule has 0 radical (unpaired) electrons. The number of hydrogen-bond donors (Lipinski definition) is 0. The van der Waals surface area contributed by atoms with Gasteiger partial charge in [-0.25, -0.2) is 0 Å². The normalized spacial score (nSPS) is 36.7. The minimum Gasteiger partial charge on any atom is -0.381 e. The summed E-state index contributed by atoms with van der Waals surface area (Å²) in [5.41, 5.74) is 0. The van der Waals surface area contributed by atoms with Crippen molar-refractivity contribution in [3.05, 3.63) is 12.2 Å². The first-order chi connectivity index (χ1) is 9.33. The largest absolute Gasteiger partial charge is 0.381 e. The topological polar surface area (TPSA) is 9.23 Å². The maximum absolute atomic E-state index is 5.49. The summed E-state index contributed by atoms with van der Waals surface area (Å²) in [7, 11) is 1.88. The predicted octanol–water partition coefficient (Wildman–Crippen LogP) is 5.35. The van der Waals surface area contributed by atoms with E-state index in [9.17, 15) is 0 Å². The molecule has 0 aromatic rings. The molecule has 2 fully saturated rings. The van der Waals surface area contributed by atoms with Crippen molar-refractivity contribution in [3.63, 3.8) is 0 Å². The molecule has 1 heteroatoms. The van der Waals surface area contributed by atoms with E-state index >= 15 is 0 Å². The van der Waals surface area contributed by atoms with Crippen LogP contribution in [0.15, 0.2) is 12.2 Å². The summed E-state index contributed by atoms with van der Waals surface area (Å²) < 4.78 is 5.49. The van der Waals surface area contributed by atoms with Crippen molar-refractivity contribution in [2.75, 3.05) is 7.11 Å². The molecule has 0 amide bonds. The van der Waals surface area contributed by atoms with Gasteiger partial charge < -0.3 is 4.74 Å². The Balaban J connectivity index is 1.66. The van der Waals surface area contributed by atoms with Crippen LogP contribution in [-0.2, 0) is 4.74 Å². The minimum atomic E-state index is 0.563. The molecule has 2 saturated carbocycles. The van der Waals surface area contributed by atoms with Crippen LogP contribution in [0.5, 0.6) is 0 Å². The van der Waals surface area contributed by atoms with E-state index in [-0.39, 0.29) is 0 Å². The first-order valence-electron chi connectivity index (χ1n) is 8.47. The second-order valence-corrected chi connectivity index (χ2v) is 6.70. The number of hydrogen-bond acceptors (Lipinski definition) is 1. The monoisotopic (exact) mass is 264 g/mol. The van der Waals surface area contributed by atoms with E-state index in [1.165, 1.54) is 64.2 Å². The van der Waals surface area contributed by atoms with Crippen molar-refractivity contribution in [3.8, 4) is 0 Å². The number of allylic oxidation sites excluding steroid dienone is 2. The Morgan fingerprint density at radius 3 is 2.00 bits per heavy atom. The Bertz CT molecular complexity index is 255. The van der Waals surface area contributed by atoms with Crippen LogP contribution >= 0.6 is 0 Å². The standard InChI is InChI=1S/C18H32O/c1-3-4-5-6-15-7-9-16(10-8-15)17-11-13-18(19-2)14-12-17/h3-4,15-18H,5-14H2,1-2H3/b4-3+/t15-,16-,17-,18-. The van der Waals surface area contributed by atoms with Gasteiger partial charge in [0, 0.05) is 7.11 Å². The fourth-order valence-electron chi connectivity index (χ4n) is 4.24. The third kappa shape index (κ3) is 4.63. The zero-order valence-electron chi connectivity index (χ0n) is 12.9. The fourth-order valence-corrected chi connectivity index (χ4v) is 4.24. The summed E-state index contributed by atoms with van der Waals surface area (Å²) in [5, 5.41) is 0. The molecule has 0 N–H and O–H groups in total. The summed E-state index contributed by atoms with van der Waals surface area (Å²) in [5.74, 6) is 3.07. The summed E-state index contributed by atoms with van der Waals surface area (Å²) >= 11 is 0. The maximum atomic E-state index is 5.49. The number of ether oxygens (including phenoxy) is 1. The number of rotatable bonds is 5. The van der Waals surface area contributed by atoms with Gasteiger partial charge in [-0.15, -0.1) is 0 Å². The molecular formula is C18H32O. The van der Waals surface area contributed by atoms with Gasteiger partial charge in [-0.3, -0.25) is 0 Å². The summed E-state index contributed by atoms with van der Waals surface area (Å²) in [6, 6.07) is 0. The van der Waals surface area contributed by atoms with E-state index in [1.807, 2.05) is 7.11 Å². The average molecular weight is 264 g/mol. The predicted molar refractivity (Wildman–Crippen MR) is 82.3 cm³/mol. The molecule has 0 atom stereocenters. The van der Waals surface area contributed by atoms with Gasteiger partial charge in [-0.2, -0.15) is 0 Å². The molecule has 0 aliphatic heterocycles. The smallest absolute Gasteiger partial charge is 0.0571 e. The third-order valence-corrected chi connectivity index (χ3v) is 5.59. The van der Waals surface area contributed by atoms with Gasteiger partial charge in [0.1, 0.15) is 0 Å². The van der Waals surface area contributed by atoms with E-state index in [0.717, 1.165) is 17.8 Å². The molecule has 19 heavy (non-hydrogen) atoms. The Hall–Kier alpha value is -0.300. The van der Waals surface area contributed by atoms with Gasteiger partial charge in [0.05, 0.1) is 6.10 Å². The van der Waals surface area contributed by atoms with Crippen LogP contribution in [0.3, 0.4) is 0 Å². The van der Waals surface area contributed by atoms with Gasteiger partial charge in [0.2, 0.25) is 0 Å². The highest BCUT2D eigenvalue weighted by atomic mass is 16.5. The average Bonchev–Trinajstić information content (AvgIpc) is 2.48. The summed E-state index contributed by atoms with van der Waals surface area (Å²) in [4.78, 5) is 0. The molecule has 0 aromatic carbocycles. The summed E-state index contributed by atoms with van der Waals surface area (Å²) in [6.45, 7) is 2.13. The van der Waals surface area contributed by atoms with E-state index in [2.05, 4.69) is 19.1 Å². The maximum Gasteiger partial charge on any atom is 0.0571 e. The van der Waals surface area contributed by atoms with Gasteiger partial charge >= 0.3 is 0 Å². The van der Waals surface area contributed by atoms with Crippen LogP contribution in [0.4, 0.5) is 0 Å². The minimum absolute atomic E-state index is 0.563. The molecule has 0 saturated heterocycles. The molecule has 0 aromatic heterocycles. The Kier molecular flexibility index (Phi) is 6.43. The van der Waals surface area contributed by atoms with Crippen LogP contribution < -0.4 is 0 Å². The lowest BCUT2D eigenvalue weighted by molar-refractivity contribution is 0.0392. The summed E-state index contributed by atoms with van der Waals surface area (Å²) in [6.07, 6.45) is 19.3. The van der Waals surface area contributed by atoms with E-state index < -0.39 is 0 Å². The highest BCUT2D eigenvalue weighted by Crippen LogP contribution is 2.41. The fraction of sp³-hybridized carbons (Fsp3) is 0.889. The Labute approximate surface area is 119 Å². The van der Waals surface area contributed by atoms with Crippen LogP contribution in [0.1, 0.15) is 71.1 Å². The molecule has 0 bridgehead atoms. The first kappa shape index (κ1) is 15.1. The Morgan fingerprint density at radius 1 is 0.895 bits per heavy atom. The van der Waals surface area contributed by atoms with Crippen molar-refractivity contribution in [2.45, 2.75) is 77.2 Å². The molecule has 110 valence electrons. The molecular weight excluding hydrogens is 232 g/mol. The highest BCUT2D eigenvalue weighted by Gasteiger charge is 2.30. The van der Waals surface area contributed by atoms with Crippen molar-refractivity contribution in [2.24, 2.45) is 17.8 Å². The molecule has 2 aliphatic rings. The molecule has 2 rings (SSSR count). The zero-order valence-corrected chi connectivity index (χ0v) is 12.9. The number of methoxy groups -OCH3 is 1. The van der Waals surface area contributed by atoms with E-state index in [4.69, 9.17) is 4.74 Å². The molecule has 0 heterocycles. The van der Waals surface area contributed by atoms with Crippen molar-refractivity contribution in [1.82, 2.24) is 0 Å². The lowest BCUT2D eigenvalue weighted by Gasteiger charge is -2.37. The first-order valence-corrected chi connectivity index (χ1v) is 8.47. The quantitative estimate of drug-likeness (QED) is 0.608. The Morgan fingerprint density at radius 2 is 1.47 bits per heavy atom. The SMILES string of the molecule is C/C=C/CC[C@H]1CC[C@H]([C@H]2CC[C@H](OC)CC2)CC1. The lowest BCUT2D eigenvalue weighted by Crippen LogP contribution is -2.28. The van der Waals surface area contributed by atoms with Gasteiger partial charge in [0.25, 0.3) is 0 Å². The highest BCUT2D eigenvalue weighted by molar-refractivity contribution is 4.84. The molecule has 0 unspecified atom stereocenters. The lowest BCUT2D eigenvalue weighted by atomic mass is 9.70. The molecule has 2 aliphatic carbocycles. The molecule has 0 spiro atoms. The van der Waals surface area contributed by atoms with Gasteiger partial charge in [-0.05, 0) is 76.0 Å².